The number of aliphatic hydroxyl groups excluding tert-OH is 1. The molecule has 1 amide bonds. The van der Waals surface area contributed by atoms with Crippen molar-refractivity contribution in [2.45, 2.75) is 19.9 Å². The molecule has 0 radical (unpaired) electrons. The van der Waals surface area contributed by atoms with Crippen molar-refractivity contribution in [3.05, 3.63) is 57.8 Å². The van der Waals surface area contributed by atoms with E-state index in [9.17, 15) is 14.7 Å². The molecule has 0 bridgehead atoms. The molecule has 0 saturated carbocycles. The smallest absolute Gasteiger partial charge is 0.295 e. The van der Waals surface area contributed by atoms with E-state index in [0.717, 1.165) is 18.0 Å². The van der Waals surface area contributed by atoms with Gasteiger partial charge in [-0.2, -0.15) is 0 Å². The standard InChI is InChI=1S/C25H30N2O5S/c1-17(2)16-32-19-7-5-18(6-8-19)23(28)21-22(20-4-3-15-33-20)27(25(30)24(21)29)10-9-26-11-13-31-14-12-26/h3-8,15,17,22,28H,9-14,16H2,1-2H3/t22-/m0/s1. The summed E-state index contributed by atoms with van der Waals surface area (Å²) in [5, 5.41) is 13.1. The van der Waals surface area contributed by atoms with Crippen LogP contribution in [0.15, 0.2) is 47.4 Å². The normalized spacial score (nSPS) is 21.2. The molecule has 1 N–H and O–H groups in total. The van der Waals surface area contributed by atoms with Crippen LogP contribution >= 0.6 is 11.3 Å². The van der Waals surface area contributed by atoms with Crippen LogP contribution in [0.1, 0.15) is 30.3 Å². The van der Waals surface area contributed by atoms with Gasteiger partial charge in [0, 0.05) is 36.6 Å². The number of amides is 1. The van der Waals surface area contributed by atoms with Crippen LogP contribution in [0.5, 0.6) is 5.75 Å². The lowest BCUT2D eigenvalue weighted by atomic mass is 10.00. The number of carbonyl (C=O) groups excluding carboxylic acids is 2. The number of aliphatic hydroxyl groups is 1. The Hall–Kier alpha value is -2.68. The molecular weight excluding hydrogens is 440 g/mol. The molecule has 2 saturated heterocycles. The number of likely N-dealkylation sites (tertiary alicyclic amines) is 1. The number of hydrogen-bond acceptors (Lipinski definition) is 7. The van der Waals surface area contributed by atoms with Gasteiger partial charge < -0.3 is 19.5 Å². The number of carbonyl (C=O) groups is 2. The lowest BCUT2D eigenvalue weighted by Gasteiger charge is -2.30. The highest BCUT2D eigenvalue weighted by Crippen LogP contribution is 2.41. The largest absolute Gasteiger partial charge is 0.507 e. The van der Waals surface area contributed by atoms with Gasteiger partial charge in [-0.3, -0.25) is 14.5 Å². The average molecular weight is 471 g/mol. The van der Waals surface area contributed by atoms with E-state index in [-0.39, 0.29) is 11.3 Å². The summed E-state index contributed by atoms with van der Waals surface area (Å²) >= 11 is 1.47. The zero-order valence-electron chi connectivity index (χ0n) is 19.0. The molecule has 2 aromatic rings. The summed E-state index contributed by atoms with van der Waals surface area (Å²) in [4.78, 5) is 30.7. The Balaban J connectivity index is 1.61. The van der Waals surface area contributed by atoms with Crippen molar-refractivity contribution in [1.29, 1.82) is 0 Å². The second-order valence-corrected chi connectivity index (χ2v) is 9.67. The Morgan fingerprint density at radius 2 is 1.88 bits per heavy atom. The fraction of sp³-hybridized carbons (Fsp3) is 0.440. The number of ether oxygens (including phenoxy) is 2. The van der Waals surface area contributed by atoms with E-state index >= 15 is 0 Å². The maximum atomic E-state index is 13.1. The van der Waals surface area contributed by atoms with E-state index in [0.29, 0.717) is 50.1 Å². The number of rotatable bonds is 8. The summed E-state index contributed by atoms with van der Waals surface area (Å²) in [6.45, 7) is 8.75. The van der Waals surface area contributed by atoms with Crippen LogP contribution in [0.25, 0.3) is 5.76 Å². The maximum absolute atomic E-state index is 13.1. The molecule has 4 rings (SSSR count). The van der Waals surface area contributed by atoms with E-state index in [1.54, 1.807) is 29.2 Å². The van der Waals surface area contributed by atoms with Crippen molar-refractivity contribution in [3.63, 3.8) is 0 Å². The summed E-state index contributed by atoms with van der Waals surface area (Å²) in [5.74, 6) is -0.275. The quantitative estimate of drug-likeness (QED) is 0.361. The van der Waals surface area contributed by atoms with Gasteiger partial charge >= 0.3 is 0 Å². The van der Waals surface area contributed by atoms with Crippen LogP contribution < -0.4 is 4.74 Å². The Bertz CT molecular complexity index is 994. The first-order valence-corrected chi connectivity index (χ1v) is 12.2. The number of morpholine rings is 1. The molecule has 1 atom stereocenters. The zero-order chi connectivity index (χ0) is 23.4. The van der Waals surface area contributed by atoms with E-state index in [1.165, 1.54) is 11.3 Å². The zero-order valence-corrected chi connectivity index (χ0v) is 19.8. The molecule has 0 aliphatic carbocycles. The Labute approximate surface area is 198 Å². The molecule has 0 unspecified atom stereocenters. The number of ketones is 1. The van der Waals surface area contributed by atoms with Crippen LogP contribution in [-0.2, 0) is 14.3 Å². The highest BCUT2D eigenvalue weighted by molar-refractivity contribution is 7.10. The topological polar surface area (TPSA) is 79.3 Å². The van der Waals surface area contributed by atoms with Gasteiger partial charge in [0.15, 0.2) is 0 Å². The van der Waals surface area contributed by atoms with Gasteiger partial charge in [-0.1, -0.05) is 19.9 Å². The first-order valence-electron chi connectivity index (χ1n) is 11.3. The lowest BCUT2D eigenvalue weighted by Crippen LogP contribution is -2.42. The first kappa shape index (κ1) is 23.5. The summed E-state index contributed by atoms with van der Waals surface area (Å²) < 4.78 is 11.1. The minimum absolute atomic E-state index is 0.139. The minimum Gasteiger partial charge on any atom is -0.507 e. The molecule has 1 aromatic carbocycles. The van der Waals surface area contributed by atoms with E-state index in [1.807, 2.05) is 17.5 Å². The first-order chi connectivity index (χ1) is 16.0. The third-order valence-corrected chi connectivity index (χ3v) is 6.75. The molecule has 3 heterocycles. The Morgan fingerprint density at radius 1 is 1.15 bits per heavy atom. The van der Waals surface area contributed by atoms with Crippen molar-refractivity contribution in [2.24, 2.45) is 5.92 Å². The van der Waals surface area contributed by atoms with E-state index in [4.69, 9.17) is 9.47 Å². The molecule has 2 aliphatic heterocycles. The van der Waals surface area contributed by atoms with E-state index in [2.05, 4.69) is 18.7 Å². The molecule has 2 aliphatic rings. The number of benzene rings is 1. The summed E-state index contributed by atoms with van der Waals surface area (Å²) in [7, 11) is 0. The second kappa shape index (κ2) is 10.5. The molecule has 7 nitrogen and oxygen atoms in total. The van der Waals surface area contributed by atoms with Gasteiger partial charge in [-0.25, -0.2) is 0 Å². The van der Waals surface area contributed by atoms with Gasteiger partial charge in [-0.05, 0) is 41.6 Å². The second-order valence-electron chi connectivity index (χ2n) is 8.69. The maximum Gasteiger partial charge on any atom is 0.295 e. The van der Waals surface area contributed by atoms with Gasteiger partial charge in [-0.15, -0.1) is 11.3 Å². The SMILES string of the molecule is CC(C)COc1ccc(C(O)=C2C(=O)C(=O)N(CCN3CCOCC3)[C@H]2c2cccs2)cc1. The highest BCUT2D eigenvalue weighted by Gasteiger charge is 2.46. The molecule has 8 heteroatoms. The lowest BCUT2D eigenvalue weighted by molar-refractivity contribution is -0.140. The van der Waals surface area contributed by atoms with E-state index < -0.39 is 17.7 Å². The van der Waals surface area contributed by atoms with Crippen LogP contribution in [0.2, 0.25) is 0 Å². The molecule has 2 fully saturated rings. The van der Waals surface area contributed by atoms with Crippen LogP contribution in [0.4, 0.5) is 0 Å². The summed E-state index contributed by atoms with van der Waals surface area (Å²) in [6, 6.07) is 10.2. The average Bonchev–Trinajstić information content (AvgIpc) is 3.44. The molecule has 33 heavy (non-hydrogen) atoms. The van der Waals surface area contributed by atoms with Gasteiger partial charge in [0.25, 0.3) is 11.7 Å². The number of Topliss-reactive ketones (excluding diaryl/α,β-unsaturated/α-hetero) is 1. The van der Waals surface area contributed by atoms with Crippen LogP contribution in [-0.4, -0.2) is 72.6 Å². The Kier molecular flexibility index (Phi) is 7.47. The molecule has 0 spiro atoms. The summed E-state index contributed by atoms with van der Waals surface area (Å²) in [5.41, 5.74) is 0.625. The third kappa shape index (κ3) is 5.29. The van der Waals surface area contributed by atoms with Crippen molar-refractivity contribution in [2.75, 3.05) is 46.0 Å². The van der Waals surface area contributed by atoms with Crippen molar-refractivity contribution >= 4 is 28.8 Å². The fourth-order valence-corrected chi connectivity index (χ4v) is 4.90. The highest BCUT2D eigenvalue weighted by atomic mass is 32.1. The van der Waals surface area contributed by atoms with Gasteiger partial charge in [0.1, 0.15) is 11.5 Å². The molecule has 176 valence electrons. The molecular formula is C25H30N2O5S. The van der Waals surface area contributed by atoms with Crippen molar-refractivity contribution in [3.8, 4) is 5.75 Å². The monoisotopic (exact) mass is 470 g/mol. The summed E-state index contributed by atoms with van der Waals surface area (Å²) in [6.07, 6.45) is 0. The van der Waals surface area contributed by atoms with Crippen LogP contribution in [0.3, 0.4) is 0 Å². The van der Waals surface area contributed by atoms with Crippen molar-refractivity contribution in [1.82, 2.24) is 9.80 Å². The van der Waals surface area contributed by atoms with Gasteiger partial charge in [0.05, 0.1) is 31.4 Å². The fourth-order valence-electron chi connectivity index (χ4n) is 4.05. The predicted molar refractivity (Wildman–Crippen MR) is 127 cm³/mol. The number of thiophene rings is 1. The Morgan fingerprint density at radius 3 is 2.52 bits per heavy atom. The van der Waals surface area contributed by atoms with Crippen LogP contribution in [0, 0.1) is 5.92 Å². The number of hydrogen-bond donors (Lipinski definition) is 1. The molecule has 1 aromatic heterocycles. The minimum atomic E-state index is -0.645. The van der Waals surface area contributed by atoms with Gasteiger partial charge in [0.2, 0.25) is 0 Å². The predicted octanol–water partition coefficient (Wildman–Crippen LogP) is 3.54. The number of nitrogens with zero attached hydrogens (tertiary/aromatic N) is 2. The third-order valence-electron chi connectivity index (χ3n) is 5.82. The van der Waals surface area contributed by atoms with Crippen molar-refractivity contribution < 1.29 is 24.2 Å².